The van der Waals surface area contributed by atoms with E-state index in [1.54, 1.807) is 4.90 Å². The molecule has 0 aromatic heterocycles. The predicted octanol–water partition coefficient (Wildman–Crippen LogP) is 2.84. The highest BCUT2D eigenvalue weighted by molar-refractivity contribution is 14.0. The first kappa shape index (κ1) is 25.2. The first-order chi connectivity index (χ1) is 12.0. The Balaban J connectivity index is 0.00000625. The molecular formula is C18H37IN4O3. The molecule has 0 aromatic rings. The van der Waals surface area contributed by atoms with Gasteiger partial charge in [0.25, 0.3) is 0 Å². The van der Waals surface area contributed by atoms with Gasteiger partial charge < -0.3 is 25.0 Å². The average molecular weight is 484 g/mol. The van der Waals surface area contributed by atoms with E-state index in [0.717, 1.165) is 44.9 Å². The maximum atomic E-state index is 11.5. The largest absolute Gasteiger partial charge is 0.453 e. The number of hydrogen-bond acceptors (Lipinski definition) is 4. The molecule has 154 valence electrons. The lowest BCUT2D eigenvalue weighted by molar-refractivity contribution is 0.0266. The van der Waals surface area contributed by atoms with Crippen LogP contribution in [0.3, 0.4) is 0 Å². The molecule has 1 aliphatic heterocycles. The van der Waals surface area contributed by atoms with Gasteiger partial charge in [0, 0.05) is 38.8 Å². The number of aliphatic imine (C=N–C) groups is 1. The summed E-state index contributed by atoms with van der Waals surface area (Å²) in [6, 6.07) is 0.325. The van der Waals surface area contributed by atoms with Crippen molar-refractivity contribution in [2.45, 2.75) is 59.1 Å². The number of ether oxygens (including phenoxy) is 2. The number of amides is 1. The SMILES string of the molecule is CCNC(=NCCC(OCC)C(C)C)NC1CCN(C(=O)OC)CC1.I. The van der Waals surface area contributed by atoms with E-state index in [2.05, 4.69) is 31.4 Å². The van der Waals surface area contributed by atoms with Crippen LogP contribution in [0.4, 0.5) is 4.79 Å². The Morgan fingerprint density at radius 2 is 1.92 bits per heavy atom. The highest BCUT2D eigenvalue weighted by Gasteiger charge is 2.23. The summed E-state index contributed by atoms with van der Waals surface area (Å²) in [6.45, 7) is 12.2. The van der Waals surface area contributed by atoms with Crippen LogP contribution in [0.25, 0.3) is 0 Å². The number of likely N-dealkylation sites (tertiary alicyclic amines) is 1. The molecule has 1 aliphatic rings. The van der Waals surface area contributed by atoms with Crippen LogP contribution in [0.1, 0.15) is 47.0 Å². The normalized spacial score (nSPS) is 16.8. The molecule has 1 unspecified atom stereocenters. The fourth-order valence-corrected chi connectivity index (χ4v) is 2.98. The first-order valence-electron chi connectivity index (χ1n) is 9.51. The number of hydrogen-bond donors (Lipinski definition) is 2. The Morgan fingerprint density at radius 1 is 1.27 bits per heavy atom. The van der Waals surface area contributed by atoms with E-state index in [0.29, 0.717) is 25.0 Å². The number of guanidine groups is 1. The fraction of sp³-hybridized carbons (Fsp3) is 0.889. The summed E-state index contributed by atoms with van der Waals surface area (Å²) in [7, 11) is 1.43. The molecule has 1 heterocycles. The van der Waals surface area contributed by atoms with Crippen molar-refractivity contribution < 1.29 is 14.3 Å². The van der Waals surface area contributed by atoms with Gasteiger partial charge in [-0.15, -0.1) is 24.0 Å². The number of halogens is 1. The van der Waals surface area contributed by atoms with Gasteiger partial charge in [-0.1, -0.05) is 13.8 Å². The Labute approximate surface area is 175 Å². The average Bonchev–Trinajstić information content (AvgIpc) is 2.61. The summed E-state index contributed by atoms with van der Waals surface area (Å²) in [5.74, 6) is 1.34. The second kappa shape index (κ2) is 14.3. The van der Waals surface area contributed by atoms with E-state index in [9.17, 15) is 4.79 Å². The number of carbonyl (C=O) groups excluding carboxylic acids is 1. The molecule has 1 rings (SSSR count). The monoisotopic (exact) mass is 484 g/mol. The van der Waals surface area contributed by atoms with Gasteiger partial charge in [-0.2, -0.15) is 0 Å². The molecule has 0 aromatic carbocycles. The first-order valence-corrected chi connectivity index (χ1v) is 9.51. The molecule has 1 fully saturated rings. The smallest absolute Gasteiger partial charge is 0.409 e. The van der Waals surface area contributed by atoms with Crippen LogP contribution in [0.5, 0.6) is 0 Å². The molecule has 0 aliphatic carbocycles. The Kier molecular flexibility index (Phi) is 13.9. The summed E-state index contributed by atoms with van der Waals surface area (Å²) >= 11 is 0. The topological polar surface area (TPSA) is 75.2 Å². The third-order valence-corrected chi connectivity index (χ3v) is 4.42. The summed E-state index contributed by atoms with van der Waals surface area (Å²) in [5.41, 5.74) is 0. The molecule has 26 heavy (non-hydrogen) atoms. The van der Waals surface area contributed by atoms with Crippen molar-refractivity contribution in [3.63, 3.8) is 0 Å². The molecule has 8 heteroatoms. The summed E-state index contributed by atoms with van der Waals surface area (Å²) in [5, 5.41) is 6.79. The molecule has 1 atom stereocenters. The highest BCUT2D eigenvalue weighted by atomic mass is 127. The van der Waals surface area contributed by atoms with Crippen molar-refractivity contribution in [2.75, 3.05) is 39.9 Å². The molecule has 0 saturated carbocycles. The van der Waals surface area contributed by atoms with Gasteiger partial charge in [-0.05, 0) is 39.0 Å². The van der Waals surface area contributed by atoms with Crippen LogP contribution in [-0.4, -0.2) is 69.0 Å². The van der Waals surface area contributed by atoms with Crippen molar-refractivity contribution in [3.8, 4) is 0 Å². The molecule has 0 spiro atoms. The van der Waals surface area contributed by atoms with Crippen molar-refractivity contribution >= 4 is 36.0 Å². The van der Waals surface area contributed by atoms with E-state index >= 15 is 0 Å². The van der Waals surface area contributed by atoms with Gasteiger partial charge >= 0.3 is 6.09 Å². The zero-order valence-corrected chi connectivity index (χ0v) is 19.2. The lowest BCUT2D eigenvalue weighted by Crippen LogP contribution is -2.49. The third-order valence-electron chi connectivity index (χ3n) is 4.42. The van der Waals surface area contributed by atoms with E-state index in [-0.39, 0.29) is 36.2 Å². The summed E-state index contributed by atoms with van der Waals surface area (Å²) in [4.78, 5) is 18.0. The van der Waals surface area contributed by atoms with Crippen molar-refractivity contribution in [1.82, 2.24) is 15.5 Å². The maximum Gasteiger partial charge on any atom is 0.409 e. The van der Waals surface area contributed by atoms with Crippen LogP contribution < -0.4 is 10.6 Å². The van der Waals surface area contributed by atoms with E-state index in [1.165, 1.54) is 7.11 Å². The van der Waals surface area contributed by atoms with Gasteiger partial charge in [-0.25, -0.2) is 4.79 Å². The van der Waals surface area contributed by atoms with Gasteiger partial charge in [0.1, 0.15) is 0 Å². The number of rotatable bonds is 8. The molecule has 2 N–H and O–H groups in total. The molecular weight excluding hydrogens is 447 g/mol. The Bertz CT molecular complexity index is 413. The van der Waals surface area contributed by atoms with Crippen molar-refractivity contribution in [3.05, 3.63) is 0 Å². The Hall–Kier alpha value is -0.770. The zero-order chi connectivity index (χ0) is 18.7. The number of methoxy groups -OCH3 is 1. The van der Waals surface area contributed by atoms with E-state index in [1.807, 2.05) is 6.92 Å². The van der Waals surface area contributed by atoms with Crippen LogP contribution in [0.2, 0.25) is 0 Å². The lowest BCUT2D eigenvalue weighted by atomic mass is 10.0. The van der Waals surface area contributed by atoms with Gasteiger partial charge in [0.15, 0.2) is 5.96 Å². The van der Waals surface area contributed by atoms with Crippen LogP contribution in [-0.2, 0) is 9.47 Å². The molecule has 0 radical (unpaired) electrons. The number of nitrogens with one attached hydrogen (secondary N) is 2. The second-order valence-electron chi connectivity index (χ2n) is 6.66. The van der Waals surface area contributed by atoms with Gasteiger partial charge in [0.2, 0.25) is 0 Å². The van der Waals surface area contributed by atoms with Gasteiger partial charge in [0.05, 0.1) is 13.2 Å². The number of carbonyl (C=O) groups is 1. The Morgan fingerprint density at radius 3 is 2.42 bits per heavy atom. The summed E-state index contributed by atoms with van der Waals surface area (Å²) < 4.78 is 10.6. The quantitative estimate of drug-likeness (QED) is 0.315. The van der Waals surface area contributed by atoms with E-state index < -0.39 is 0 Å². The van der Waals surface area contributed by atoms with E-state index in [4.69, 9.17) is 14.5 Å². The minimum Gasteiger partial charge on any atom is -0.453 e. The van der Waals surface area contributed by atoms with Crippen molar-refractivity contribution in [1.29, 1.82) is 0 Å². The van der Waals surface area contributed by atoms with Crippen molar-refractivity contribution in [2.24, 2.45) is 10.9 Å². The fourth-order valence-electron chi connectivity index (χ4n) is 2.98. The number of piperidine rings is 1. The van der Waals surface area contributed by atoms with Gasteiger partial charge in [-0.3, -0.25) is 4.99 Å². The lowest BCUT2D eigenvalue weighted by Gasteiger charge is -2.32. The van der Waals surface area contributed by atoms with Crippen LogP contribution >= 0.6 is 24.0 Å². The maximum absolute atomic E-state index is 11.5. The molecule has 7 nitrogen and oxygen atoms in total. The standard InChI is InChI=1S/C18H36N4O3.HI/c1-6-19-17(20-11-8-16(14(3)4)25-7-2)21-15-9-12-22(13-10-15)18(23)24-5;/h14-16H,6-13H2,1-5H3,(H2,19,20,21);1H. The minimum absolute atomic E-state index is 0. The number of nitrogens with zero attached hydrogens (tertiary/aromatic N) is 2. The van der Waals surface area contributed by atoms with Crippen LogP contribution in [0.15, 0.2) is 4.99 Å². The molecule has 1 saturated heterocycles. The highest BCUT2D eigenvalue weighted by Crippen LogP contribution is 2.12. The summed E-state index contributed by atoms with van der Waals surface area (Å²) in [6.07, 6.45) is 2.72. The van der Waals surface area contributed by atoms with Crippen LogP contribution in [0, 0.1) is 5.92 Å². The molecule has 1 amide bonds. The minimum atomic E-state index is -0.241. The predicted molar refractivity (Wildman–Crippen MR) is 116 cm³/mol. The second-order valence-corrected chi connectivity index (χ2v) is 6.66. The zero-order valence-electron chi connectivity index (χ0n) is 16.9. The third kappa shape index (κ3) is 9.25. The molecule has 0 bridgehead atoms.